The zero-order valence-electron chi connectivity index (χ0n) is 25.1. The van der Waals surface area contributed by atoms with Gasteiger partial charge in [-0.15, -0.1) is 5.06 Å². The molecule has 1 N–H and O–H groups in total. The average molecular weight is 615 g/mol. The van der Waals surface area contributed by atoms with Gasteiger partial charge in [0.05, 0.1) is 10.5 Å². The van der Waals surface area contributed by atoms with E-state index in [1.165, 1.54) is 4.31 Å². The second kappa shape index (κ2) is 13.2. The summed E-state index contributed by atoms with van der Waals surface area (Å²) in [7, 11) is -3.69. The topological polar surface area (TPSA) is 118 Å². The Balaban J connectivity index is 1.05. The first-order valence-electron chi connectivity index (χ1n) is 15.0. The van der Waals surface area contributed by atoms with Crippen LogP contribution in [0.3, 0.4) is 0 Å². The molecule has 234 valence electrons. The van der Waals surface area contributed by atoms with Crippen LogP contribution in [0, 0.1) is 0 Å². The van der Waals surface area contributed by atoms with Crippen LogP contribution in [0.15, 0.2) is 59.5 Å². The fourth-order valence-electron chi connectivity index (χ4n) is 5.65. The highest BCUT2D eigenvalue weighted by atomic mass is 32.2. The van der Waals surface area contributed by atoms with Gasteiger partial charge in [0, 0.05) is 57.4 Å². The molecular weight excluding hydrogens is 572 g/mol. The smallest absolute Gasteiger partial charge is 0.407 e. The molecule has 12 heteroatoms. The maximum absolute atomic E-state index is 13.4. The largest absolute Gasteiger partial charge is 0.488 e. The maximum Gasteiger partial charge on any atom is 0.407 e. The predicted octanol–water partition coefficient (Wildman–Crippen LogP) is 3.66. The van der Waals surface area contributed by atoms with Gasteiger partial charge in [0.1, 0.15) is 17.5 Å². The first-order valence-corrected chi connectivity index (χ1v) is 16.4. The molecule has 3 fully saturated rings. The summed E-state index contributed by atoms with van der Waals surface area (Å²) < 4.78 is 39.7. The normalized spacial score (nSPS) is 20.3. The monoisotopic (exact) mass is 614 g/mol. The van der Waals surface area contributed by atoms with E-state index in [-0.39, 0.29) is 23.0 Å². The Morgan fingerprint density at radius 1 is 0.884 bits per heavy atom. The number of nitrogens with one attached hydrogen (secondary N) is 1. The number of hydroxylamine groups is 2. The van der Waals surface area contributed by atoms with Gasteiger partial charge in [-0.25, -0.2) is 18.0 Å². The number of piperidine rings is 2. The number of carbonyl (C=O) groups excluding carboxylic acids is 2. The van der Waals surface area contributed by atoms with Crippen molar-refractivity contribution in [1.29, 1.82) is 0 Å². The molecular formula is C31H42N4O7S. The number of likely N-dealkylation sites (tertiary alicyclic amines) is 1. The van der Waals surface area contributed by atoms with Gasteiger partial charge < -0.3 is 19.6 Å². The maximum atomic E-state index is 13.4. The van der Waals surface area contributed by atoms with Crippen LogP contribution in [-0.4, -0.2) is 97.8 Å². The molecule has 0 aromatic heterocycles. The van der Waals surface area contributed by atoms with E-state index in [0.29, 0.717) is 56.4 Å². The third-order valence-electron chi connectivity index (χ3n) is 7.96. The minimum atomic E-state index is -3.69. The molecule has 0 aliphatic carbocycles. The second-order valence-corrected chi connectivity index (χ2v) is 14.3. The van der Waals surface area contributed by atoms with Gasteiger partial charge >= 0.3 is 12.1 Å². The molecule has 1 amide bonds. The number of amides is 1. The highest BCUT2D eigenvalue weighted by molar-refractivity contribution is 7.89. The molecule has 5 rings (SSSR count). The van der Waals surface area contributed by atoms with Crippen molar-refractivity contribution in [3.8, 4) is 5.75 Å². The summed E-state index contributed by atoms with van der Waals surface area (Å²) in [4.78, 5) is 32.5. The highest BCUT2D eigenvalue weighted by Crippen LogP contribution is 2.28. The van der Waals surface area contributed by atoms with E-state index in [1.807, 2.05) is 18.2 Å². The van der Waals surface area contributed by atoms with Crippen molar-refractivity contribution in [2.75, 3.05) is 39.3 Å². The summed E-state index contributed by atoms with van der Waals surface area (Å²) in [5.74, 6) is 0.204. The lowest BCUT2D eigenvalue weighted by molar-refractivity contribution is -0.135. The molecule has 0 bridgehead atoms. The summed E-state index contributed by atoms with van der Waals surface area (Å²) >= 11 is 0. The molecule has 3 saturated heterocycles. The molecule has 43 heavy (non-hydrogen) atoms. The molecule has 2 aromatic carbocycles. The van der Waals surface area contributed by atoms with Crippen molar-refractivity contribution in [1.82, 2.24) is 19.6 Å². The Bertz CT molecular complexity index is 1360. The average Bonchev–Trinajstić information content (AvgIpc) is 2.95. The van der Waals surface area contributed by atoms with Gasteiger partial charge in [-0.3, -0.25) is 4.90 Å². The zero-order valence-corrected chi connectivity index (χ0v) is 25.9. The van der Waals surface area contributed by atoms with Crippen LogP contribution in [0.1, 0.15) is 56.8 Å². The van der Waals surface area contributed by atoms with E-state index in [9.17, 15) is 18.0 Å². The number of sulfonamides is 1. The molecule has 3 aliphatic rings. The number of benzene rings is 2. The van der Waals surface area contributed by atoms with Gasteiger partial charge in [0.15, 0.2) is 0 Å². The number of nitrogens with zero attached hydrogens (tertiary/aromatic N) is 3. The molecule has 2 aromatic rings. The van der Waals surface area contributed by atoms with Gasteiger partial charge in [0.2, 0.25) is 10.0 Å². The summed E-state index contributed by atoms with van der Waals surface area (Å²) in [6, 6.07) is 16.0. The quantitative estimate of drug-likeness (QED) is 0.475. The molecule has 11 nitrogen and oxygen atoms in total. The van der Waals surface area contributed by atoms with E-state index < -0.39 is 21.7 Å². The Morgan fingerprint density at radius 3 is 2.21 bits per heavy atom. The van der Waals surface area contributed by atoms with Crippen LogP contribution in [0.4, 0.5) is 4.79 Å². The Kier molecular flexibility index (Phi) is 9.60. The first-order chi connectivity index (χ1) is 20.5. The number of hydrogen-bond donors (Lipinski definition) is 1. The lowest BCUT2D eigenvalue weighted by Gasteiger charge is -2.46. The van der Waals surface area contributed by atoms with Crippen molar-refractivity contribution in [3.63, 3.8) is 0 Å². The van der Waals surface area contributed by atoms with Crippen LogP contribution >= 0.6 is 0 Å². The molecule has 3 heterocycles. The van der Waals surface area contributed by atoms with Crippen molar-refractivity contribution >= 4 is 22.1 Å². The predicted molar refractivity (Wildman–Crippen MR) is 160 cm³/mol. The van der Waals surface area contributed by atoms with Crippen molar-refractivity contribution in [2.45, 2.75) is 75.1 Å². The summed E-state index contributed by atoms with van der Waals surface area (Å²) in [6.45, 7) is 8.94. The number of carbonyl (C=O) groups is 2. The first kappa shape index (κ1) is 31.2. The van der Waals surface area contributed by atoms with Gasteiger partial charge in [-0.1, -0.05) is 24.3 Å². The minimum Gasteiger partial charge on any atom is -0.488 e. The Hall–Kier alpha value is -3.19. The minimum absolute atomic E-state index is 0.0124. The van der Waals surface area contributed by atoms with Gasteiger partial charge in [-0.2, -0.15) is 4.31 Å². The van der Waals surface area contributed by atoms with E-state index in [1.54, 1.807) is 62.2 Å². The molecule has 0 spiro atoms. The fraction of sp³-hybridized carbons (Fsp3) is 0.548. The van der Waals surface area contributed by atoms with Crippen molar-refractivity contribution in [2.24, 2.45) is 0 Å². The SMILES string of the molecule is CC(C)(C)OC(=O)NC1CCN(S(=O)(=O)c2cccc(OC3CN(C4CCN(OC(=O)c5ccccc5)CC4)C3)c2)CC1. The lowest BCUT2D eigenvalue weighted by atomic mass is 9.99. The zero-order chi connectivity index (χ0) is 30.6. The van der Waals surface area contributed by atoms with Crippen LogP contribution in [0.25, 0.3) is 0 Å². The second-order valence-electron chi connectivity index (χ2n) is 12.4. The Morgan fingerprint density at radius 2 is 1.56 bits per heavy atom. The third-order valence-corrected chi connectivity index (χ3v) is 9.85. The van der Waals surface area contributed by atoms with E-state index >= 15 is 0 Å². The van der Waals surface area contributed by atoms with Gasteiger partial charge in [0.25, 0.3) is 0 Å². The summed E-state index contributed by atoms with van der Waals surface area (Å²) in [5.41, 5.74) is -0.0427. The number of ether oxygens (including phenoxy) is 2. The van der Waals surface area contributed by atoms with Crippen molar-refractivity contribution in [3.05, 3.63) is 60.2 Å². The van der Waals surface area contributed by atoms with Crippen molar-refractivity contribution < 1.29 is 32.3 Å². The van der Waals surface area contributed by atoms with E-state index in [4.69, 9.17) is 14.3 Å². The van der Waals surface area contributed by atoms with Crippen LogP contribution in [0.5, 0.6) is 5.75 Å². The van der Waals surface area contributed by atoms with Crippen LogP contribution in [-0.2, 0) is 19.6 Å². The molecule has 3 aliphatic heterocycles. The summed E-state index contributed by atoms with van der Waals surface area (Å²) in [6.07, 6.45) is 2.32. The number of rotatable bonds is 8. The molecule has 0 radical (unpaired) electrons. The molecule has 0 saturated carbocycles. The Labute approximate surface area is 254 Å². The number of hydrogen-bond acceptors (Lipinski definition) is 9. The van der Waals surface area contributed by atoms with Crippen LogP contribution < -0.4 is 10.1 Å². The highest BCUT2D eigenvalue weighted by Gasteiger charge is 2.37. The molecule has 0 atom stereocenters. The van der Waals surface area contributed by atoms with Crippen LogP contribution in [0.2, 0.25) is 0 Å². The third kappa shape index (κ3) is 8.26. The lowest BCUT2D eigenvalue weighted by Crippen LogP contribution is -2.59. The standard InChI is InChI=1S/C31H42N4O7S/c1-31(2,3)41-30(37)32-24-12-18-35(19-13-24)43(38,39)28-11-7-10-26(20-28)40-27-21-33(22-27)25-14-16-34(17-15-25)42-29(36)23-8-5-4-6-9-23/h4-11,20,24-25,27H,12-19,21-22H2,1-3H3,(H,32,37). The van der Waals surface area contributed by atoms with Gasteiger partial charge in [-0.05, 0) is 70.7 Å². The summed E-state index contributed by atoms with van der Waals surface area (Å²) in [5, 5.41) is 4.59. The number of alkyl carbamates (subject to hydrolysis) is 1. The molecule has 0 unspecified atom stereocenters. The van der Waals surface area contributed by atoms with E-state index in [0.717, 1.165) is 25.9 Å². The fourth-order valence-corrected chi connectivity index (χ4v) is 7.15. The van der Waals surface area contributed by atoms with E-state index in [2.05, 4.69) is 10.2 Å².